The number of ether oxygens (including phenoxy) is 1. The van der Waals surface area contributed by atoms with E-state index < -0.39 is 10.0 Å². The van der Waals surface area contributed by atoms with E-state index in [0.29, 0.717) is 0 Å². The van der Waals surface area contributed by atoms with Crippen molar-refractivity contribution in [3.8, 4) is 0 Å². The van der Waals surface area contributed by atoms with Crippen LogP contribution in [0.25, 0.3) is 0 Å². The summed E-state index contributed by atoms with van der Waals surface area (Å²) in [6.07, 6.45) is 3.63. The van der Waals surface area contributed by atoms with E-state index in [4.69, 9.17) is 10.5 Å². The van der Waals surface area contributed by atoms with Crippen LogP contribution in [0.4, 0.5) is 0 Å². The predicted octanol–water partition coefficient (Wildman–Crippen LogP) is 0.244. The Kier molecular flexibility index (Phi) is 7.50. The fourth-order valence-corrected chi connectivity index (χ4v) is 3.07. The second-order valence-electron chi connectivity index (χ2n) is 4.05. The molecule has 98 valence electrons. The fraction of sp³-hybridized carbons (Fsp3) is 1.00. The monoisotopic (exact) mass is 272 g/mol. The van der Waals surface area contributed by atoms with Crippen molar-refractivity contribution in [1.29, 1.82) is 0 Å². The summed E-state index contributed by atoms with van der Waals surface area (Å²) in [5.74, 6) is 0.0231. The summed E-state index contributed by atoms with van der Waals surface area (Å²) in [5.41, 5.74) is 5.78. The average Bonchev–Trinajstić information content (AvgIpc) is 2.14. The number of nitrogens with one attached hydrogen (secondary N) is 1. The number of hydrogen-bond acceptors (Lipinski definition) is 4. The summed E-state index contributed by atoms with van der Waals surface area (Å²) in [7, 11) is -1.71. The Morgan fingerprint density at radius 1 is 1.44 bits per heavy atom. The lowest BCUT2D eigenvalue weighted by molar-refractivity contribution is 0.216. The lowest BCUT2D eigenvalue weighted by Gasteiger charge is -2.27. The van der Waals surface area contributed by atoms with Crippen LogP contribution in [-0.2, 0) is 14.8 Å². The van der Waals surface area contributed by atoms with Crippen molar-refractivity contribution in [3.63, 3.8) is 0 Å². The van der Waals surface area contributed by atoms with Crippen molar-refractivity contribution in [3.05, 3.63) is 0 Å². The van der Waals surface area contributed by atoms with Gasteiger partial charge in [0.1, 0.15) is 0 Å². The Hall–Kier alpha value is 0.120. The Labute approximate surface area is 104 Å². The van der Waals surface area contributed by atoms with Gasteiger partial charge in [-0.3, -0.25) is 0 Å². The van der Waals surface area contributed by atoms with E-state index in [-0.39, 0.29) is 36.9 Å². The molecule has 0 saturated heterocycles. The van der Waals surface area contributed by atoms with Gasteiger partial charge in [0.15, 0.2) is 0 Å². The van der Waals surface area contributed by atoms with Gasteiger partial charge in [-0.25, -0.2) is 13.1 Å². The number of rotatable bonds is 5. The Morgan fingerprint density at radius 2 is 2.12 bits per heavy atom. The number of sulfonamides is 1. The lowest BCUT2D eigenvalue weighted by Crippen LogP contribution is -2.43. The highest BCUT2D eigenvalue weighted by Crippen LogP contribution is 2.17. The van der Waals surface area contributed by atoms with Gasteiger partial charge in [0.25, 0.3) is 0 Å². The molecule has 7 heteroatoms. The van der Waals surface area contributed by atoms with Crippen LogP contribution in [0.2, 0.25) is 0 Å². The highest BCUT2D eigenvalue weighted by Gasteiger charge is 2.23. The third-order valence-corrected chi connectivity index (χ3v) is 4.01. The van der Waals surface area contributed by atoms with Crippen molar-refractivity contribution in [2.45, 2.75) is 37.8 Å². The van der Waals surface area contributed by atoms with E-state index in [1.54, 1.807) is 0 Å². The van der Waals surface area contributed by atoms with Gasteiger partial charge in [0.05, 0.1) is 12.4 Å². The van der Waals surface area contributed by atoms with Crippen LogP contribution in [0.15, 0.2) is 0 Å². The molecule has 0 amide bonds. The third-order valence-electron chi connectivity index (χ3n) is 2.62. The Morgan fingerprint density at radius 3 is 2.69 bits per heavy atom. The minimum Gasteiger partial charge on any atom is -0.384 e. The van der Waals surface area contributed by atoms with Gasteiger partial charge in [-0.15, -0.1) is 12.4 Å². The topological polar surface area (TPSA) is 81.4 Å². The summed E-state index contributed by atoms with van der Waals surface area (Å²) >= 11 is 0. The SMILES string of the molecule is COCCS(=O)(=O)NC1CCCC(N)C1.Cl. The fourth-order valence-electron chi connectivity index (χ4n) is 1.84. The van der Waals surface area contributed by atoms with E-state index >= 15 is 0 Å². The summed E-state index contributed by atoms with van der Waals surface area (Å²) in [6.45, 7) is 0.230. The van der Waals surface area contributed by atoms with Crippen molar-refractivity contribution in [2.75, 3.05) is 19.5 Å². The van der Waals surface area contributed by atoms with Gasteiger partial charge in [-0.05, 0) is 19.3 Å². The molecule has 5 nitrogen and oxygen atoms in total. The average molecular weight is 273 g/mol. The number of hydrogen-bond donors (Lipinski definition) is 2. The standard InChI is InChI=1S/C9H20N2O3S.ClH/c1-14-5-6-15(12,13)11-9-4-2-3-8(10)7-9;/h8-9,11H,2-7,10H2,1H3;1H. The molecule has 2 unspecified atom stereocenters. The highest BCUT2D eigenvalue weighted by molar-refractivity contribution is 7.89. The lowest BCUT2D eigenvalue weighted by atomic mass is 9.92. The van der Waals surface area contributed by atoms with Crippen molar-refractivity contribution in [2.24, 2.45) is 5.73 Å². The van der Waals surface area contributed by atoms with Crippen LogP contribution in [0.1, 0.15) is 25.7 Å². The number of halogens is 1. The molecular weight excluding hydrogens is 252 g/mol. The van der Waals surface area contributed by atoms with Gasteiger partial charge >= 0.3 is 0 Å². The molecule has 1 fully saturated rings. The van der Waals surface area contributed by atoms with Crippen molar-refractivity contribution < 1.29 is 13.2 Å². The first-order chi connectivity index (χ1) is 7.03. The van der Waals surface area contributed by atoms with Crippen LogP contribution >= 0.6 is 12.4 Å². The van der Waals surface area contributed by atoms with E-state index in [1.807, 2.05) is 0 Å². The second-order valence-corrected chi connectivity index (χ2v) is 5.93. The van der Waals surface area contributed by atoms with E-state index in [9.17, 15) is 8.42 Å². The maximum Gasteiger partial charge on any atom is 0.214 e. The van der Waals surface area contributed by atoms with E-state index in [2.05, 4.69) is 4.72 Å². The quantitative estimate of drug-likeness (QED) is 0.751. The van der Waals surface area contributed by atoms with Crippen LogP contribution in [0, 0.1) is 0 Å². The van der Waals surface area contributed by atoms with Crippen molar-refractivity contribution >= 4 is 22.4 Å². The van der Waals surface area contributed by atoms with Gasteiger partial charge in [-0.2, -0.15) is 0 Å². The molecule has 0 bridgehead atoms. The molecule has 0 heterocycles. The molecule has 16 heavy (non-hydrogen) atoms. The van der Waals surface area contributed by atoms with Gasteiger partial charge in [-0.1, -0.05) is 6.42 Å². The molecule has 3 N–H and O–H groups in total. The zero-order chi connectivity index (χ0) is 11.3. The molecule has 0 aromatic carbocycles. The van der Waals surface area contributed by atoms with E-state index in [1.165, 1.54) is 7.11 Å². The van der Waals surface area contributed by atoms with Crippen molar-refractivity contribution in [1.82, 2.24) is 4.72 Å². The molecule has 1 aliphatic rings. The predicted molar refractivity (Wildman–Crippen MR) is 66.3 cm³/mol. The third kappa shape index (κ3) is 6.00. The summed E-state index contributed by atoms with van der Waals surface area (Å²) in [4.78, 5) is 0. The van der Waals surface area contributed by atoms with E-state index in [0.717, 1.165) is 25.7 Å². The van der Waals surface area contributed by atoms with Gasteiger partial charge < -0.3 is 10.5 Å². The minimum atomic E-state index is -3.20. The molecule has 0 aliphatic heterocycles. The zero-order valence-corrected chi connectivity index (χ0v) is 11.1. The number of methoxy groups -OCH3 is 1. The number of nitrogens with two attached hydrogens (primary N) is 1. The largest absolute Gasteiger partial charge is 0.384 e. The molecule has 0 spiro atoms. The first-order valence-electron chi connectivity index (χ1n) is 5.28. The molecular formula is C9H21ClN2O3S. The molecule has 1 aliphatic carbocycles. The summed E-state index contributed by atoms with van der Waals surface area (Å²) in [5, 5.41) is 0. The molecule has 1 saturated carbocycles. The molecule has 0 aromatic rings. The van der Waals surface area contributed by atoms with Crippen LogP contribution in [0.3, 0.4) is 0 Å². The summed E-state index contributed by atoms with van der Waals surface area (Å²) < 4.78 is 30.5. The van der Waals surface area contributed by atoms with Crippen LogP contribution in [-0.4, -0.2) is 40.0 Å². The Balaban J connectivity index is 0.00000225. The molecule has 0 aromatic heterocycles. The second kappa shape index (κ2) is 7.45. The van der Waals surface area contributed by atoms with Crippen LogP contribution < -0.4 is 10.5 Å². The summed E-state index contributed by atoms with van der Waals surface area (Å²) in [6, 6.07) is 0.143. The van der Waals surface area contributed by atoms with Gasteiger partial charge in [0, 0.05) is 19.2 Å². The maximum absolute atomic E-state index is 11.5. The van der Waals surface area contributed by atoms with Crippen LogP contribution in [0.5, 0.6) is 0 Å². The Bertz CT molecular complexity index is 284. The minimum absolute atomic E-state index is 0. The maximum atomic E-state index is 11.5. The first kappa shape index (κ1) is 16.1. The molecule has 0 radical (unpaired) electrons. The molecule has 2 atom stereocenters. The highest BCUT2D eigenvalue weighted by atomic mass is 35.5. The normalized spacial score (nSPS) is 26.1. The molecule has 1 rings (SSSR count). The zero-order valence-electron chi connectivity index (χ0n) is 9.52. The van der Waals surface area contributed by atoms with Gasteiger partial charge in [0.2, 0.25) is 10.0 Å². The smallest absolute Gasteiger partial charge is 0.214 e. The first-order valence-corrected chi connectivity index (χ1v) is 6.93.